The summed E-state index contributed by atoms with van der Waals surface area (Å²) in [4.78, 5) is 25.6. The quantitative estimate of drug-likeness (QED) is 0.806. The number of methoxy groups -OCH3 is 1. The Labute approximate surface area is 140 Å². The van der Waals surface area contributed by atoms with Gasteiger partial charge in [-0.25, -0.2) is 9.97 Å². The fourth-order valence-electron chi connectivity index (χ4n) is 3.06. The van der Waals surface area contributed by atoms with E-state index in [9.17, 15) is 4.79 Å². The summed E-state index contributed by atoms with van der Waals surface area (Å²) in [7, 11) is 1.40. The lowest BCUT2D eigenvalue weighted by Crippen LogP contribution is -2.26. The van der Waals surface area contributed by atoms with Crippen molar-refractivity contribution in [2.75, 3.05) is 25.1 Å². The summed E-state index contributed by atoms with van der Waals surface area (Å²) in [6, 6.07) is 0. The summed E-state index contributed by atoms with van der Waals surface area (Å²) in [5.74, 6) is 1.26. The monoisotopic (exact) mass is 333 g/mol. The molecule has 6 heteroatoms. The van der Waals surface area contributed by atoms with Crippen molar-refractivity contribution in [1.82, 2.24) is 9.97 Å². The van der Waals surface area contributed by atoms with Gasteiger partial charge in [0, 0.05) is 18.0 Å². The number of hydrogen-bond acceptors (Lipinski definition) is 6. The first-order valence-electron chi connectivity index (χ1n) is 8.18. The topological polar surface area (TPSA) is 55.3 Å². The molecule has 124 valence electrons. The zero-order valence-electron chi connectivity index (χ0n) is 14.0. The highest BCUT2D eigenvalue weighted by molar-refractivity contribution is 7.18. The van der Waals surface area contributed by atoms with Crippen molar-refractivity contribution in [2.24, 2.45) is 0 Å². The van der Waals surface area contributed by atoms with Crippen LogP contribution in [-0.2, 0) is 16.0 Å². The zero-order chi connectivity index (χ0) is 16.4. The van der Waals surface area contributed by atoms with Crippen molar-refractivity contribution in [3.8, 4) is 0 Å². The molecule has 1 saturated heterocycles. The minimum absolute atomic E-state index is 0.128. The molecule has 1 fully saturated rings. The minimum Gasteiger partial charge on any atom is -0.469 e. The molecule has 0 saturated carbocycles. The number of carbonyl (C=O) groups excluding carboxylic acids is 1. The molecule has 0 radical (unpaired) electrons. The SMILES string of the molecule is COC(=O)Cc1nc(N2CCCCCC2)c2c(C)c(C)sc2n1. The van der Waals surface area contributed by atoms with E-state index < -0.39 is 0 Å². The van der Waals surface area contributed by atoms with Crippen molar-refractivity contribution in [1.29, 1.82) is 0 Å². The third kappa shape index (κ3) is 3.32. The summed E-state index contributed by atoms with van der Waals surface area (Å²) in [5, 5.41) is 1.16. The smallest absolute Gasteiger partial charge is 0.313 e. The van der Waals surface area contributed by atoms with Crippen molar-refractivity contribution in [3.05, 3.63) is 16.3 Å². The lowest BCUT2D eigenvalue weighted by molar-refractivity contribution is -0.139. The van der Waals surface area contributed by atoms with E-state index in [4.69, 9.17) is 9.72 Å². The van der Waals surface area contributed by atoms with Gasteiger partial charge in [-0.1, -0.05) is 12.8 Å². The number of carbonyl (C=O) groups is 1. The highest BCUT2D eigenvalue weighted by Crippen LogP contribution is 2.35. The average molecular weight is 333 g/mol. The standard InChI is InChI=1S/C17H23N3O2S/c1-11-12(2)23-17-15(11)16(20-8-6-4-5-7-9-20)18-13(19-17)10-14(21)22-3/h4-10H2,1-3H3. The van der Waals surface area contributed by atoms with Crippen LogP contribution >= 0.6 is 11.3 Å². The molecule has 0 amide bonds. The highest BCUT2D eigenvalue weighted by Gasteiger charge is 2.21. The Kier molecular flexibility index (Phi) is 4.80. The lowest BCUT2D eigenvalue weighted by Gasteiger charge is -2.23. The van der Waals surface area contributed by atoms with Crippen molar-refractivity contribution < 1.29 is 9.53 Å². The van der Waals surface area contributed by atoms with E-state index in [0.717, 1.165) is 29.1 Å². The Morgan fingerprint density at radius 3 is 2.52 bits per heavy atom. The maximum Gasteiger partial charge on any atom is 0.313 e. The predicted molar refractivity (Wildman–Crippen MR) is 93.3 cm³/mol. The fourth-order valence-corrected chi connectivity index (χ4v) is 4.11. The van der Waals surface area contributed by atoms with Crippen LogP contribution in [0.4, 0.5) is 5.82 Å². The number of fused-ring (bicyclic) bond motifs is 1. The second kappa shape index (κ2) is 6.83. The molecule has 0 aliphatic carbocycles. The van der Waals surface area contributed by atoms with Crippen LogP contribution in [0.3, 0.4) is 0 Å². The van der Waals surface area contributed by atoms with Gasteiger partial charge >= 0.3 is 5.97 Å². The van der Waals surface area contributed by atoms with E-state index >= 15 is 0 Å². The summed E-state index contributed by atoms with van der Waals surface area (Å²) < 4.78 is 4.77. The number of rotatable bonds is 3. The number of aromatic nitrogens is 2. The van der Waals surface area contributed by atoms with Crippen LogP contribution in [0.1, 0.15) is 41.9 Å². The van der Waals surface area contributed by atoms with Gasteiger partial charge in [-0.05, 0) is 32.3 Å². The fraction of sp³-hybridized carbons (Fsp3) is 0.588. The van der Waals surface area contributed by atoms with Crippen LogP contribution in [0.25, 0.3) is 10.2 Å². The van der Waals surface area contributed by atoms with Gasteiger partial charge in [-0.3, -0.25) is 4.79 Å². The first-order chi connectivity index (χ1) is 11.1. The van der Waals surface area contributed by atoms with Gasteiger partial charge in [0.15, 0.2) is 0 Å². The summed E-state index contributed by atoms with van der Waals surface area (Å²) in [5.41, 5.74) is 1.26. The molecule has 0 unspecified atom stereocenters. The van der Waals surface area contributed by atoms with Crippen LogP contribution in [0.5, 0.6) is 0 Å². The molecular weight excluding hydrogens is 310 g/mol. The zero-order valence-corrected chi connectivity index (χ0v) is 14.8. The number of thiophene rings is 1. The second-order valence-corrected chi connectivity index (χ2v) is 7.28. The van der Waals surface area contributed by atoms with Crippen molar-refractivity contribution >= 4 is 33.3 Å². The van der Waals surface area contributed by atoms with Crippen molar-refractivity contribution in [3.63, 3.8) is 0 Å². The van der Waals surface area contributed by atoms with E-state index in [2.05, 4.69) is 23.7 Å². The Morgan fingerprint density at radius 2 is 1.87 bits per heavy atom. The van der Waals surface area contributed by atoms with Gasteiger partial charge in [-0.2, -0.15) is 0 Å². The summed E-state index contributed by atoms with van der Waals surface area (Å²) in [6.45, 7) is 6.31. The van der Waals surface area contributed by atoms with E-state index in [1.807, 2.05) is 0 Å². The molecule has 3 heterocycles. The van der Waals surface area contributed by atoms with Gasteiger partial charge in [0.1, 0.15) is 22.9 Å². The molecule has 2 aromatic heterocycles. The van der Waals surface area contributed by atoms with Gasteiger partial charge in [0.05, 0.1) is 12.5 Å². The van der Waals surface area contributed by atoms with Crippen LogP contribution in [0.2, 0.25) is 0 Å². The third-order valence-electron chi connectivity index (χ3n) is 4.49. The van der Waals surface area contributed by atoms with Gasteiger partial charge in [0.2, 0.25) is 0 Å². The number of nitrogens with zero attached hydrogens (tertiary/aromatic N) is 3. The Hall–Kier alpha value is -1.69. The molecule has 23 heavy (non-hydrogen) atoms. The Balaban J connectivity index is 2.09. The first kappa shape index (κ1) is 16.2. The summed E-state index contributed by atoms with van der Waals surface area (Å²) >= 11 is 1.68. The highest BCUT2D eigenvalue weighted by atomic mass is 32.1. The first-order valence-corrected chi connectivity index (χ1v) is 9.00. The number of esters is 1. The van der Waals surface area contributed by atoms with Crippen molar-refractivity contribution in [2.45, 2.75) is 46.0 Å². The maximum atomic E-state index is 11.6. The molecular formula is C17H23N3O2S. The van der Waals surface area contributed by atoms with E-state index in [-0.39, 0.29) is 12.4 Å². The van der Waals surface area contributed by atoms with Crippen LogP contribution < -0.4 is 4.90 Å². The third-order valence-corrected chi connectivity index (χ3v) is 5.59. The minimum atomic E-state index is -0.295. The number of hydrogen-bond donors (Lipinski definition) is 0. The molecule has 1 aliphatic heterocycles. The molecule has 0 spiro atoms. The Bertz CT molecular complexity index is 718. The van der Waals surface area contributed by atoms with E-state index in [1.54, 1.807) is 11.3 Å². The largest absolute Gasteiger partial charge is 0.469 e. The number of anilines is 1. The Morgan fingerprint density at radius 1 is 1.17 bits per heavy atom. The number of ether oxygens (including phenoxy) is 1. The molecule has 5 nitrogen and oxygen atoms in total. The van der Waals surface area contributed by atoms with Crippen LogP contribution in [-0.4, -0.2) is 36.1 Å². The van der Waals surface area contributed by atoms with Gasteiger partial charge in [-0.15, -0.1) is 11.3 Å². The molecule has 1 aliphatic rings. The maximum absolute atomic E-state index is 11.6. The number of aryl methyl sites for hydroxylation is 2. The normalized spacial score (nSPS) is 15.7. The molecule has 0 bridgehead atoms. The van der Waals surface area contributed by atoms with Gasteiger partial charge < -0.3 is 9.64 Å². The lowest BCUT2D eigenvalue weighted by atomic mass is 10.2. The molecule has 0 aromatic carbocycles. The van der Waals surface area contributed by atoms with Crippen LogP contribution in [0, 0.1) is 13.8 Å². The summed E-state index contributed by atoms with van der Waals surface area (Å²) in [6.07, 6.45) is 5.08. The van der Waals surface area contributed by atoms with E-state index in [0.29, 0.717) is 5.82 Å². The van der Waals surface area contributed by atoms with E-state index in [1.165, 1.54) is 43.2 Å². The molecule has 2 aromatic rings. The second-order valence-electron chi connectivity index (χ2n) is 6.08. The van der Waals surface area contributed by atoms with Gasteiger partial charge in [0.25, 0.3) is 0 Å². The molecule has 0 N–H and O–H groups in total. The van der Waals surface area contributed by atoms with Crippen LogP contribution in [0.15, 0.2) is 0 Å². The average Bonchev–Trinajstić information content (AvgIpc) is 2.74. The molecule has 0 atom stereocenters. The molecule has 3 rings (SSSR count). The predicted octanol–water partition coefficient (Wildman–Crippen LogP) is 3.40.